The van der Waals surface area contributed by atoms with Gasteiger partial charge in [-0.05, 0) is 20.8 Å². The number of nitrogens with zero attached hydrogens (tertiary/aromatic N) is 5. The Morgan fingerprint density at radius 1 is 1.19 bits per heavy atom. The van der Waals surface area contributed by atoms with Gasteiger partial charge in [-0.1, -0.05) is 13.8 Å². The standard InChI is InChI=1S/C18H32N6O.HI/c1-7-19-18(20-12-16-14(4)21-22(6)15(16)5)24-10-8-23(9-11-24)17(25)13(2)3;/h13H,7-12H2,1-6H3,(H,19,20);1H. The van der Waals surface area contributed by atoms with E-state index in [1.807, 2.05) is 37.4 Å². The molecule has 1 aliphatic heterocycles. The van der Waals surface area contributed by atoms with Crippen molar-refractivity contribution in [2.75, 3.05) is 32.7 Å². The zero-order chi connectivity index (χ0) is 18.6. The van der Waals surface area contributed by atoms with Crippen molar-refractivity contribution < 1.29 is 4.79 Å². The molecule has 1 saturated heterocycles. The van der Waals surface area contributed by atoms with E-state index in [1.54, 1.807) is 0 Å². The third-order valence-corrected chi connectivity index (χ3v) is 4.77. The number of hydrogen-bond donors (Lipinski definition) is 1. The molecular weight excluding hydrogens is 443 g/mol. The van der Waals surface area contributed by atoms with Crippen LogP contribution in [0.2, 0.25) is 0 Å². The van der Waals surface area contributed by atoms with E-state index < -0.39 is 0 Å². The van der Waals surface area contributed by atoms with Crippen molar-refractivity contribution in [2.45, 2.75) is 41.2 Å². The maximum atomic E-state index is 12.1. The fraction of sp³-hybridized carbons (Fsp3) is 0.722. The molecule has 1 N–H and O–H groups in total. The number of carbonyl (C=O) groups excluding carboxylic acids is 1. The minimum atomic E-state index is 0. The summed E-state index contributed by atoms with van der Waals surface area (Å²) >= 11 is 0. The van der Waals surface area contributed by atoms with Crippen molar-refractivity contribution in [1.82, 2.24) is 24.9 Å². The SMILES string of the molecule is CCNC(=NCc1c(C)nn(C)c1C)N1CCN(C(=O)C(C)C)CC1.I. The number of nitrogens with one attached hydrogen (secondary N) is 1. The van der Waals surface area contributed by atoms with Crippen LogP contribution >= 0.6 is 24.0 Å². The molecule has 2 rings (SSSR count). The first-order chi connectivity index (χ1) is 11.8. The number of amides is 1. The monoisotopic (exact) mass is 476 g/mol. The smallest absolute Gasteiger partial charge is 0.225 e. The Labute approximate surface area is 174 Å². The molecule has 1 fully saturated rings. The molecule has 2 heterocycles. The molecule has 8 heteroatoms. The third-order valence-electron chi connectivity index (χ3n) is 4.77. The summed E-state index contributed by atoms with van der Waals surface area (Å²) in [5, 5.41) is 7.84. The van der Waals surface area contributed by atoms with Gasteiger partial charge in [0.1, 0.15) is 0 Å². The molecule has 0 atom stereocenters. The highest BCUT2D eigenvalue weighted by atomic mass is 127. The molecule has 0 radical (unpaired) electrons. The van der Waals surface area contributed by atoms with E-state index >= 15 is 0 Å². The molecule has 1 aliphatic rings. The summed E-state index contributed by atoms with van der Waals surface area (Å²) in [6.45, 7) is 14.7. The summed E-state index contributed by atoms with van der Waals surface area (Å²) in [7, 11) is 1.96. The van der Waals surface area contributed by atoms with Gasteiger partial charge in [-0.25, -0.2) is 4.99 Å². The van der Waals surface area contributed by atoms with Crippen molar-refractivity contribution >= 4 is 35.8 Å². The topological polar surface area (TPSA) is 65.8 Å². The lowest BCUT2D eigenvalue weighted by Crippen LogP contribution is -2.54. The van der Waals surface area contributed by atoms with Gasteiger partial charge in [-0.15, -0.1) is 24.0 Å². The molecule has 1 amide bonds. The number of aromatic nitrogens is 2. The maximum Gasteiger partial charge on any atom is 0.225 e. The van der Waals surface area contributed by atoms with Crippen molar-refractivity contribution in [2.24, 2.45) is 18.0 Å². The predicted octanol–water partition coefficient (Wildman–Crippen LogP) is 1.92. The van der Waals surface area contributed by atoms with E-state index in [9.17, 15) is 4.79 Å². The number of guanidine groups is 1. The zero-order valence-corrected chi connectivity index (χ0v) is 19.2. The molecule has 0 unspecified atom stereocenters. The van der Waals surface area contributed by atoms with Crippen molar-refractivity contribution in [3.8, 4) is 0 Å². The number of piperazine rings is 1. The van der Waals surface area contributed by atoms with Crippen LogP contribution in [0.25, 0.3) is 0 Å². The van der Waals surface area contributed by atoms with Crippen LogP contribution in [0.1, 0.15) is 37.7 Å². The van der Waals surface area contributed by atoms with E-state index in [-0.39, 0.29) is 35.8 Å². The Kier molecular flexibility index (Phi) is 8.85. The summed E-state index contributed by atoms with van der Waals surface area (Å²) in [5.74, 6) is 1.22. The Balaban J connectivity index is 0.00000338. The van der Waals surface area contributed by atoms with Crippen LogP contribution in [0.3, 0.4) is 0 Å². The van der Waals surface area contributed by atoms with Crippen LogP contribution < -0.4 is 5.32 Å². The number of rotatable bonds is 4. The molecule has 0 aromatic carbocycles. The highest BCUT2D eigenvalue weighted by Gasteiger charge is 2.24. The average molecular weight is 476 g/mol. The van der Waals surface area contributed by atoms with Crippen LogP contribution in [-0.4, -0.2) is 64.2 Å². The first-order valence-corrected chi connectivity index (χ1v) is 9.16. The third kappa shape index (κ3) is 5.34. The summed E-state index contributed by atoms with van der Waals surface area (Å²) in [6, 6.07) is 0. The average Bonchev–Trinajstić information content (AvgIpc) is 2.83. The molecule has 26 heavy (non-hydrogen) atoms. The Morgan fingerprint density at radius 2 is 1.77 bits per heavy atom. The lowest BCUT2D eigenvalue weighted by Gasteiger charge is -2.37. The molecule has 0 saturated carbocycles. The van der Waals surface area contributed by atoms with E-state index in [2.05, 4.69) is 29.2 Å². The number of carbonyl (C=O) groups is 1. The molecule has 1 aromatic rings. The molecule has 0 spiro atoms. The van der Waals surface area contributed by atoms with Crippen molar-refractivity contribution in [3.63, 3.8) is 0 Å². The molecule has 0 bridgehead atoms. The first kappa shape index (κ1) is 22.7. The summed E-state index contributed by atoms with van der Waals surface area (Å²) < 4.78 is 1.91. The maximum absolute atomic E-state index is 12.1. The Morgan fingerprint density at radius 3 is 2.23 bits per heavy atom. The van der Waals surface area contributed by atoms with Gasteiger partial charge in [0.2, 0.25) is 5.91 Å². The van der Waals surface area contributed by atoms with Gasteiger partial charge in [0.05, 0.1) is 12.2 Å². The van der Waals surface area contributed by atoms with E-state index in [0.717, 1.165) is 50.1 Å². The molecular formula is C18H33IN6O. The Bertz CT molecular complexity index is 632. The highest BCUT2D eigenvalue weighted by Crippen LogP contribution is 2.14. The molecule has 1 aromatic heterocycles. The first-order valence-electron chi connectivity index (χ1n) is 9.16. The fourth-order valence-electron chi connectivity index (χ4n) is 3.13. The quantitative estimate of drug-likeness (QED) is 0.410. The second-order valence-corrected chi connectivity index (χ2v) is 6.91. The van der Waals surface area contributed by atoms with Crippen LogP contribution in [0.15, 0.2) is 4.99 Å². The van der Waals surface area contributed by atoms with Gasteiger partial charge in [0, 0.05) is 56.9 Å². The van der Waals surface area contributed by atoms with Crippen LogP contribution in [0.4, 0.5) is 0 Å². The lowest BCUT2D eigenvalue weighted by molar-refractivity contribution is -0.135. The van der Waals surface area contributed by atoms with Crippen LogP contribution in [0.5, 0.6) is 0 Å². The minimum absolute atomic E-state index is 0. The second kappa shape index (κ2) is 10.1. The predicted molar refractivity (Wildman–Crippen MR) is 116 cm³/mol. The van der Waals surface area contributed by atoms with Crippen molar-refractivity contribution in [1.29, 1.82) is 0 Å². The van der Waals surface area contributed by atoms with E-state index in [0.29, 0.717) is 6.54 Å². The number of aryl methyl sites for hydroxylation is 2. The van der Waals surface area contributed by atoms with Crippen LogP contribution in [0, 0.1) is 19.8 Å². The van der Waals surface area contributed by atoms with Crippen molar-refractivity contribution in [3.05, 3.63) is 17.0 Å². The molecule has 0 aliphatic carbocycles. The largest absolute Gasteiger partial charge is 0.357 e. The summed E-state index contributed by atoms with van der Waals surface area (Å²) in [4.78, 5) is 21.2. The molecule has 7 nitrogen and oxygen atoms in total. The van der Waals surface area contributed by atoms with Gasteiger partial charge in [-0.3, -0.25) is 9.48 Å². The summed E-state index contributed by atoms with van der Waals surface area (Å²) in [6.07, 6.45) is 0. The fourth-order valence-corrected chi connectivity index (χ4v) is 3.13. The number of aliphatic imine (C=N–C) groups is 1. The van der Waals surface area contributed by atoms with E-state index in [4.69, 9.17) is 4.99 Å². The van der Waals surface area contributed by atoms with Crippen LogP contribution in [-0.2, 0) is 18.4 Å². The second-order valence-electron chi connectivity index (χ2n) is 6.91. The molecule has 148 valence electrons. The number of hydrogen-bond acceptors (Lipinski definition) is 3. The lowest BCUT2D eigenvalue weighted by atomic mass is 10.1. The van der Waals surface area contributed by atoms with Gasteiger partial charge in [-0.2, -0.15) is 5.10 Å². The number of halogens is 1. The Hall–Kier alpha value is -1.32. The van der Waals surface area contributed by atoms with Gasteiger partial charge in [0.25, 0.3) is 0 Å². The zero-order valence-electron chi connectivity index (χ0n) is 16.9. The minimum Gasteiger partial charge on any atom is -0.357 e. The van der Waals surface area contributed by atoms with Gasteiger partial charge in [0.15, 0.2) is 5.96 Å². The van der Waals surface area contributed by atoms with Gasteiger partial charge < -0.3 is 15.1 Å². The van der Waals surface area contributed by atoms with Gasteiger partial charge >= 0.3 is 0 Å². The summed E-state index contributed by atoms with van der Waals surface area (Å²) in [5.41, 5.74) is 3.38. The highest BCUT2D eigenvalue weighted by molar-refractivity contribution is 14.0. The normalized spacial score (nSPS) is 15.3. The van der Waals surface area contributed by atoms with E-state index in [1.165, 1.54) is 5.56 Å².